The highest BCUT2D eigenvalue weighted by molar-refractivity contribution is 5.88. The highest BCUT2D eigenvalue weighted by atomic mass is 16.6. The van der Waals surface area contributed by atoms with E-state index in [4.69, 9.17) is 9.47 Å². The normalized spacial score (nSPS) is 20.8. The van der Waals surface area contributed by atoms with Crippen LogP contribution in [0.25, 0.3) is 0 Å². The molecule has 2 fully saturated rings. The molecule has 1 aliphatic carbocycles. The summed E-state index contributed by atoms with van der Waals surface area (Å²) >= 11 is 0. The molecular weight excluding hydrogens is 330 g/mol. The van der Waals surface area contributed by atoms with Crippen LogP contribution in [0.3, 0.4) is 0 Å². The number of amides is 1. The predicted octanol–water partition coefficient (Wildman–Crippen LogP) is 3.48. The number of carbonyl (C=O) groups excluding carboxylic acids is 2. The van der Waals surface area contributed by atoms with Gasteiger partial charge in [0.2, 0.25) is 5.91 Å². The molecule has 5 nitrogen and oxygen atoms in total. The zero-order valence-corrected chi connectivity index (χ0v) is 15.4. The lowest BCUT2D eigenvalue weighted by Gasteiger charge is -2.32. The Morgan fingerprint density at radius 2 is 2.12 bits per heavy atom. The number of esters is 1. The molecule has 5 heteroatoms. The van der Waals surface area contributed by atoms with Crippen LogP contribution in [0, 0.1) is 5.92 Å². The van der Waals surface area contributed by atoms with Crippen LogP contribution in [0.15, 0.2) is 36.9 Å². The van der Waals surface area contributed by atoms with Crippen molar-refractivity contribution in [3.8, 4) is 5.75 Å². The minimum Gasteiger partial charge on any atom is -0.494 e. The Hall–Kier alpha value is -2.30. The van der Waals surface area contributed by atoms with Crippen LogP contribution in [0.1, 0.15) is 44.6 Å². The van der Waals surface area contributed by atoms with Crippen LogP contribution in [-0.2, 0) is 20.9 Å². The fraction of sp³-hybridized carbons (Fsp3) is 0.524. The molecule has 2 aliphatic rings. The van der Waals surface area contributed by atoms with Gasteiger partial charge in [0.05, 0.1) is 18.9 Å². The third-order valence-electron chi connectivity index (χ3n) is 5.37. The average Bonchev–Trinajstić information content (AvgIpc) is 3.22. The molecule has 0 N–H and O–H groups in total. The van der Waals surface area contributed by atoms with E-state index in [1.54, 1.807) is 11.0 Å². The monoisotopic (exact) mass is 357 g/mol. The van der Waals surface area contributed by atoms with E-state index in [-0.39, 0.29) is 18.3 Å². The predicted molar refractivity (Wildman–Crippen MR) is 98.6 cm³/mol. The van der Waals surface area contributed by atoms with Crippen molar-refractivity contribution in [3.63, 3.8) is 0 Å². The minimum absolute atomic E-state index is 0.0241. The summed E-state index contributed by atoms with van der Waals surface area (Å²) in [6.07, 6.45) is 5.48. The quantitative estimate of drug-likeness (QED) is 0.554. The highest BCUT2D eigenvalue weighted by Crippen LogP contribution is 2.46. The van der Waals surface area contributed by atoms with Crippen molar-refractivity contribution in [3.05, 3.63) is 42.5 Å². The van der Waals surface area contributed by atoms with Crippen molar-refractivity contribution in [1.29, 1.82) is 0 Å². The van der Waals surface area contributed by atoms with Gasteiger partial charge in [0.25, 0.3) is 0 Å². The van der Waals surface area contributed by atoms with Gasteiger partial charge in [-0.3, -0.25) is 9.59 Å². The SMILES string of the molecule is C=CCN(Cc1ccccc1OCC)C(=O)C1CC(=O)OC12CCCC2. The highest BCUT2D eigenvalue weighted by Gasteiger charge is 2.54. The van der Waals surface area contributed by atoms with Crippen LogP contribution < -0.4 is 4.74 Å². The molecule has 1 aromatic carbocycles. The van der Waals surface area contributed by atoms with Gasteiger partial charge < -0.3 is 14.4 Å². The van der Waals surface area contributed by atoms with Gasteiger partial charge in [0.15, 0.2) is 0 Å². The summed E-state index contributed by atoms with van der Waals surface area (Å²) in [5.41, 5.74) is 0.364. The fourth-order valence-corrected chi connectivity index (χ4v) is 4.17. The van der Waals surface area contributed by atoms with Crippen molar-refractivity contribution in [2.45, 2.75) is 51.2 Å². The summed E-state index contributed by atoms with van der Waals surface area (Å²) in [5, 5.41) is 0. The van der Waals surface area contributed by atoms with Gasteiger partial charge in [-0.25, -0.2) is 0 Å². The second-order valence-corrected chi connectivity index (χ2v) is 7.05. The van der Waals surface area contributed by atoms with Crippen LogP contribution >= 0.6 is 0 Å². The topological polar surface area (TPSA) is 55.8 Å². The number of rotatable bonds is 7. The molecule has 1 aromatic rings. The van der Waals surface area contributed by atoms with E-state index in [9.17, 15) is 9.59 Å². The van der Waals surface area contributed by atoms with Crippen molar-refractivity contribution in [1.82, 2.24) is 4.90 Å². The summed E-state index contributed by atoms with van der Waals surface area (Å²) < 4.78 is 11.3. The van der Waals surface area contributed by atoms with Crippen molar-refractivity contribution >= 4 is 11.9 Å². The number of hydrogen-bond donors (Lipinski definition) is 0. The van der Waals surface area contributed by atoms with Crippen molar-refractivity contribution in [2.75, 3.05) is 13.2 Å². The Morgan fingerprint density at radius 3 is 2.81 bits per heavy atom. The van der Waals surface area contributed by atoms with E-state index in [1.165, 1.54) is 0 Å². The molecule has 1 atom stereocenters. The lowest BCUT2D eigenvalue weighted by molar-refractivity contribution is -0.151. The van der Waals surface area contributed by atoms with Crippen LogP contribution in [0.2, 0.25) is 0 Å². The number of hydrogen-bond acceptors (Lipinski definition) is 4. The first-order valence-electron chi connectivity index (χ1n) is 9.42. The Labute approximate surface area is 155 Å². The molecule has 1 heterocycles. The van der Waals surface area contributed by atoms with E-state index >= 15 is 0 Å². The summed E-state index contributed by atoms with van der Waals surface area (Å²) in [6.45, 7) is 7.16. The van der Waals surface area contributed by atoms with E-state index in [0.717, 1.165) is 37.0 Å². The molecule has 3 rings (SSSR count). The van der Waals surface area contributed by atoms with E-state index in [2.05, 4.69) is 6.58 Å². The Balaban J connectivity index is 1.82. The van der Waals surface area contributed by atoms with Gasteiger partial charge in [-0.2, -0.15) is 0 Å². The number of carbonyl (C=O) groups is 2. The van der Waals surface area contributed by atoms with Gasteiger partial charge in [0.1, 0.15) is 11.4 Å². The number of ether oxygens (including phenoxy) is 2. The Bertz CT molecular complexity index is 678. The fourth-order valence-electron chi connectivity index (χ4n) is 4.17. The Kier molecular flexibility index (Phi) is 5.64. The lowest BCUT2D eigenvalue weighted by atomic mass is 9.84. The second kappa shape index (κ2) is 7.94. The maximum atomic E-state index is 13.3. The third kappa shape index (κ3) is 3.62. The van der Waals surface area contributed by atoms with Gasteiger partial charge in [-0.05, 0) is 38.7 Å². The van der Waals surface area contributed by atoms with E-state index in [1.807, 2.05) is 31.2 Å². The van der Waals surface area contributed by atoms with Gasteiger partial charge >= 0.3 is 5.97 Å². The first-order valence-corrected chi connectivity index (χ1v) is 9.42. The van der Waals surface area contributed by atoms with Crippen molar-refractivity contribution in [2.24, 2.45) is 5.92 Å². The summed E-state index contributed by atoms with van der Waals surface area (Å²) in [6, 6.07) is 7.74. The van der Waals surface area contributed by atoms with Crippen LogP contribution in [0.5, 0.6) is 5.75 Å². The smallest absolute Gasteiger partial charge is 0.307 e. The van der Waals surface area contributed by atoms with Crippen molar-refractivity contribution < 1.29 is 19.1 Å². The molecule has 1 saturated heterocycles. The number of nitrogens with zero attached hydrogens (tertiary/aromatic N) is 1. The molecule has 0 bridgehead atoms. The molecular formula is C21H27NO4. The standard InChI is InChI=1S/C21H27NO4/c1-3-13-22(15-16-9-5-6-10-18(16)25-4-2)20(24)17-14-19(23)26-21(17)11-7-8-12-21/h3,5-6,9-10,17H,1,4,7-8,11-15H2,2H3. The molecule has 1 aliphatic heterocycles. The van der Waals surface area contributed by atoms with Gasteiger partial charge in [-0.15, -0.1) is 6.58 Å². The first kappa shape index (κ1) is 18.5. The molecule has 26 heavy (non-hydrogen) atoms. The third-order valence-corrected chi connectivity index (χ3v) is 5.37. The summed E-state index contributed by atoms with van der Waals surface area (Å²) in [5.74, 6) is 0.116. The number of para-hydroxylation sites is 1. The van der Waals surface area contributed by atoms with Crippen LogP contribution in [-0.4, -0.2) is 35.5 Å². The van der Waals surface area contributed by atoms with E-state index in [0.29, 0.717) is 19.7 Å². The largest absolute Gasteiger partial charge is 0.494 e. The molecule has 1 unspecified atom stereocenters. The first-order chi connectivity index (χ1) is 12.6. The molecule has 0 radical (unpaired) electrons. The molecule has 1 spiro atoms. The average molecular weight is 357 g/mol. The molecule has 1 amide bonds. The maximum absolute atomic E-state index is 13.3. The second-order valence-electron chi connectivity index (χ2n) is 7.05. The Morgan fingerprint density at radius 1 is 1.38 bits per heavy atom. The zero-order chi connectivity index (χ0) is 18.6. The maximum Gasteiger partial charge on any atom is 0.307 e. The molecule has 1 saturated carbocycles. The molecule has 0 aromatic heterocycles. The molecule has 140 valence electrons. The number of benzene rings is 1. The lowest BCUT2D eigenvalue weighted by Crippen LogP contribution is -2.44. The van der Waals surface area contributed by atoms with E-state index < -0.39 is 11.5 Å². The minimum atomic E-state index is -0.590. The van der Waals surface area contributed by atoms with Gasteiger partial charge in [0, 0.05) is 18.7 Å². The van der Waals surface area contributed by atoms with Crippen LogP contribution in [0.4, 0.5) is 0 Å². The zero-order valence-electron chi connectivity index (χ0n) is 15.4. The summed E-state index contributed by atoms with van der Waals surface area (Å²) in [4.78, 5) is 27.0. The van der Waals surface area contributed by atoms with Gasteiger partial charge in [-0.1, -0.05) is 24.3 Å². The summed E-state index contributed by atoms with van der Waals surface area (Å²) in [7, 11) is 0.